The number of aromatic amines is 1. The van der Waals surface area contributed by atoms with Crippen molar-refractivity contribution in [2.45, 2.75) is 0 Å². The fourth-order valence-corrected chi connectivity index (χ4v) is 2.81. The quantitative estimate of drug-likeness (QED) is 0.657. The van der Waals surface area contributed by atoms with Crippen LogP contribution in [0.3, 0.4) is 0 Å². The molecule has 2 N–H and O–H groups in total. The number of hydrogen-bond acceptors (Lipinski definition) is 4. The summed E-state index contributed by atoms with van der Waals surface area (Å²) in [5.74, 6) is 0.173. The van der Waals surface area contributed by atoms with Crippen LogP contribution in [0.1, 0.15) is 5.56 Å². The first-order chi connectivity index (χ1) is 12.0. The average Bonchev–Trinajstić information content (AvgIpc) is 2.56. The maximum atomic E-state index is 12.2. The minimum Gasteiger partial charge on any atom is -0.326 e. The molecule has 8 heteroatoms. The van der Waals surface area contributed by atoms with Gasteiger partial charge in [0.2, 0.25) is 5.95 Å². The molecule has 2 aromatic carbocycles. The highest BCUT2D eigenvalue weighted by molar-refractivity contribution is 6.36. The number of anilines is 2. The second-order valence-corrected chi connectivity index (χ2v) is 6.29. The Morgan fingerprint density at radius 2 is 1.72 bits per heavy atom. The van der Waals surface area contributed by atoms with Gasteiger partial charge in [0.25, 0.3) is 5.56 Å². The molecule has 1 heterocycles. The van der Waals surface area contributed by atoms with Gasteiger partial charge in [0.15, 0.2) is 0 Å². The van der Waals surface area contributed by atoms with Crippen LogP contribution in [-0.4, -0.2) is 9.97 Å². The van der Waals surface area contributed by atoms with Crippen molar-refractivity contribution in [2.24, 2.45) is 0 Å². The lowest BCUT2D eigenvalue weighted by molar-refractivity contribution is 1.11. The summed E-state index contributed by atoms with van der Waals surface area (Å²) < 4.78 is 0. The molecule has 0 saturated carbocycles. The molecule has 0 amide bonds. The highest BCUT2D eigenvalue weighted by Crippen LogP contribution is 2.30. The van der Waals surface area contributed by atoms with Gasteiger partial charge in [0.05, 0.1) is 10.7 Å². The first kappa shape index (κ1) is 17.3. The maximum absolute atomic E-state index is 12.2. The van der Waals surface area contributed by atoms with Crippen LogP contribution in [0.5, 0.6) is 0 Å². The van der Waals surface area contributed by atoms with Gasteiger partial charge in [-0.2, -0.15) is 5.26 Å². The summed E-state index contributed by atoms with van der Waals surface area (Å²) >= 11 is 17.9. The Morgan fingerprint density at radius 3 is 2.36 bits per heavy atom. The Bertz CT molecular complexity index is 1040. The molecule has 0 saturated heterocycles. The smallest absolute Gasteiger partial charge is 0.270 e. The van der Waals surface area contributed by atoms with Crippen LogP contribution >= 0.6 is 34.8 Å². The SMILES string of the molecule is N#Cc1c(-c2ccc(Cl)cc2Cl)nc(Nc2ccc(Cl)cc2)[nH]c1=O. The molecule has 0 spiro atoms. The number of nitriles is 1. The first-order valence-electron chi connectivity index (χ1n) is 7.00. The van der Waals surface area contributed by atoms with Crippen molar-refractivity contribution in [2.75, 3.05) is 5.32 Å². The summed E-state index contributed by atoms with van der Waals surface area (Å²) in [7, 11) is 0. The van der Waals surface area contributed by atoms with Crippen LogP contribution < -0.4 is 10.9 Å². The van der Waals surface area contributed by atoms with E-state index in [9.17, 15) is 10.1 Å². The molecule has 0 atom stereocenters. The predicted molar refractivity (Wildman–Crippen MR) is 99.8 cm³/mol. The average molecular weight is 392 g/mol. The van der Waals surface area contributed by atoms with Crippen LogP contribution in [-0.2, 0) is 0 Å². The normalized spacial score (nSPS) is 10.3. The predicted octanol–water partition coefficient (Wildman–Crippen LogP) is 5.01. The van der Waals surface area contributed by atoms with E-state index in [1.165, 1.54) is 6.07 Å². The molecule has 0 radical (unpaired) electrons. The minimum atomic E-state index is -0.574. The molecule has 0 unspecified atom stereocenters. The third kappa shape index (κ3) is 3.77. The van der Waals surface area contributed by atoms with Crippen molar-refractivity contribution < 1.29 is 0 Å². The van der Waals surface area contributed by atoms with Gasteiger partial charge in [-0.25, -0.2) is 4.98 Å². The van der Waals surface area contributed by atoms with Crippen molar-refractivity contribution in [3.8, 4) is 17.3 Å². The molecule has 0 aliphatic heterocycles. The van der Waals surface area contributed by atoms with Crippen molar-refractivity contribution in [1.82, 2.24) is 9.97 Å². The van der Waals surface area contributed by atoms with Gasteiger partial charge in [-0.3, -0.25) is 9.78 Å². The van der Waals surface area contributed by atoms with Crippen LogP contribution in [0, 0.1) is 11.3 Å². The third-order valence-corrected chi connectivity index (χ3v) is 4.12. The first-order valence-corrected chi connectivity index (χ1v) is 8.14. The maximum Gasteiger partial charge on any atom is 0.270 e. The number of hydrogen-bond donors (Lipinski definition) is 2. The molecule has 5 nitrogen and oxygen atoms in total. The second-order valence-electron chi connectivity index (χ2n) is 5.01. The number of nitrogens with zero attached hydrogens (tertiary/aromatic N) is 2. The molecule has 3 aromatic rings. The zero-order valence-electron chi connectivity index (χ0n) is 12.5. The van der Waals surface area contributed by atoms with Gasteiger partial charge in [-0.1, -0.05) is 34.8 Å². The Morgan fingerprint density at radius 1 is 1.04 bits per heavy atom. The van der Waals surface area contributed by atoms with Gasteiger partial charge in [0, 0.05) is 21.3 Å². The zero-order valence-corrected chi connectivity index (χ0v) is 14.7. The number of benzene rings is 2. The lowest BCUT2D eigenvalue weighted by Crippen LogP contribution is -2.16. The van der Waals surface area contributed by atoms with E-state index in [0.717, 1.165) is 0 Å². The second kappa shape index (κ2) is 7.16. The molecule has 1 aromatic heterocycles. The molecule has 0 bridgehead atoms. The van der Waals surface area contributed by atoms with Crippen LogP contribution in [0.25, 0.3) is 11.3 Å². The molecular formula is C17H9Cl3N4O. The van der Waals surface area contributed by atoms with Gasteiger partial charge in [-0.15, -0.1) is 0 Å². The van der Waals surface area contributed by atoms with Gasteiger partial charge >= 0.3 is 0 Å². The topological polar surface area (TPSA) is 81.6 Å². The number of rotatable bonds is 3. The lowest BCUT2D eigenvalue weighted by atomic mass is 10.1. The highest BCUT2D eigenvalue weighted by Gasteiger charge is 2.16. The standard InChI is InChI=1S/C17H9Cl3N4O/c18-9-1-4-11(5-2-9)22-17-23-15(13(8-21)16(25)24-17)12-6-3-10(19)7-14(12)20/h1-7H,(H2,22,23,24,25). The van der Waals surface area contributed by atoms with Gasteiger partial charge in [-0.05, 0) is 42.5 Å². The number of H-pyrrole nitrogens is 1. The molecule has 25 heavy (non-hydrogen) atoms. The molecule has 124 valence electrons. The van der Waals surface area contributed by atoms with Gasteiger partial charge in [0.1, 0.15) is 11.6 Å². The van der Waals surface area contributed by atoms with E-state index in [1.54, 1.807) is 36.4 Å². The summed E-state index contributed by atoms with van der Waals surface area (Å²) in [6, 6.07) is 13.5. The van der Waals surface area contributed by atoms with E-state index in [-0.39, 0.29) is 17.2 Å². The van der Waals surface area contributed by atoms with Crippen LogP contribution in [0.4, 0.5) is 11.6 Å². The Balaban J connectivity index is 2.11. The van der Waals surface area contributed by atoms with Crippen molar-refractivity contribution >= 4 is 46.4 Å². The van der Waals surface area contributed by atoms with Crippen LogP contribution in [0.15, 0.2) is 47.3 Å². The highest BCUT2D eigenvalue weighted by atomic mass is 35.5. The third-order valence-electron chi connectivity index (χ3n) is 3.32. The van der Waals surface area contributed by atoms with Crippen molar-refractivity contribution in [3.63, 3.8) is 0 Å². The summed E-state index contributed by atoms with van der Waals surface area (Å²) in [6.45, 7) is 0. The monoisotopic (exact) mass is 390 g/mol. The number of nitrogens with one attached hydrogen (secondary N) is 2. The number of halogens is 3. The fourth-order valence-electron chi connectivity index (χ4n) is 2.18. The van der Waals surface area contributed by atoms with E-state index < -0.39 is 5.56 Å². The Labute approximate surface area is 157 Å². The Hall–Kier alpha value is -2.52. The van der Waals surface area contributed by atoms with E-state index in [1.807, 2.05) is 6.07 Å². The minimum absolute atomic E-state index is 0.133. The lowest BCUT2D eigenvalue weighted by Gasteiger charge is -2.10. The summed E-state index contributed by atoms with van der Waals surface area (Å²) in [5, 5.41) is 13.6. The number of aromatic nitrogens is 2. The van der Waals surface area contributed by atoms with E-state index in [0.29, 0.717) is 26.3 Å². The fraction of sp³-hybridized carbons (Fsp3) is 0. The van der Waals surface area contributed by atoms with Crippen LogP contribution in [0.2, 0.25) is 15.1 Å². The summed E-state index contributed by atoms with van der Waals surface area (Å²) in [4.78, 5) is 19.1. The molecule has 3 rings (SSSR count). The van der Waals surface area contributed by atoms with Crippen molar-refractivity contribution in [3.05, 3.63) is 73.4 Å². The van der Waals surface area contributed by atoms with Crippen molar-refractivity contribution in [1.29, 1.82) is 5.26 Å². The Kier molecular flexibility index (Phi) is 4.95. The molecule has 0 aliphatic rings. The molecule has 0 aliphatic carbocycles. The van der Waals surface area contributed by atoms with Gasteiger partial charge < -0.3 is 5.32 Å². The van der Waals surface area contributed by atoms with E-state index >= 15 is 0 Å². The van der Waals surface area contributed by atoms with E-state index in [2.05, 4.69) is 15.3 Å². The largest absolute Gasteiger partial charge is 0.326 e. The van der Waals surface area contributed by atoms with E-state index in [4.69, 9.17) is 34.8 Å². The summed E-state index contributed by atoms with van der Waals surface area (Å²) in [6.07, 6.45) is 0. The molecule has 0 fully saturated rings. The molecular weight excluding hydrogens is 383 g/mol. The summed E-state index contributed by atoms with van der Waals surface area (Å²) in [5.41, 5.74) is 0.573. The zero-order chi connectivity index (χ0) is 18.0.